The molecule has 3 heteroatoms. The Hall–Kier alpha value is -0.570. The third-order valence-corrected chi connectivity index (χ3v) is 3.06. The molecule has 0 aliphatic heterocycles. The van der Waals surface area contributed by atoms with Gasteiger partial charge in [0.1, 0.15) is 0 Å². The van der Waals surface area contributed by atoms with Gasteiger partial charge in [-0.05, 0) is 32.1 Å². The lowest BCUT2D eigenvalue weighted by Gasteiger charge is -2.31. The average molecular weight is 244 g/mol. The molecule has 0 aliphatic rings. The largest absolute Gasteiger partial charge is 0.465 e. The first-order chi connectivity index (χ1) is 8.02. The highest BCUT2D eigenvalue weighted by molar-refractivity contribution is 5.77. The summed E-state index contributed by atoms with van der Waals surface area (Å²) in [6, 6.07) is 0. The molecule has 3 nitrogen and oxygen atoms in total. The van der Waals surface area contributed by atoms with Crippen molar-refractivity contribution in [1.29, 1.82) is 0 Å². The van der Waals surface area contributed by atoms with Crippen molar-refractivity contribution in [2.24, 2.45) is 11.3 Å². The summed E-state index contributed by atoms with van der Waals surface area (Å²) in [6.07, 6.45) is 3.69. The van der Waals surface area contributed by atoms with Crippen molar-refractivity contribution in [3.63, 3.8) is 0 Å². The SMILES string of the molecule is CCCC(CCC(C)C)(COC)C(=O)OCC. The third kappa shape index (κ3) is 5.53. The van der Waals surface area contributed by atoms with Gasteiger partial charge in [0.15, 0.2) is 0 Å². The van der Waals surface area contributed by atoms with Gasteiger partial charge in [-0.15, -0.1) is 0 Å². The Kier molecular flexibility index (Phi) is 8.23. The summed E-state index contributed by atoms with van der Waals surface area (Å²) >= 11 is 0. The zero-order valence-corrected chi connectivity index (χ0v) is 12.0. The Morgan fingerprint density at radius 3 is 2.29 bits per heavy atom. The normalized spacial score (nSPS) is 14.7. The number of methoxy groups -OCH3 is 1. The van der Waals surface area contributed by atoms with Gasteiger partial charge in [-0.3, -0.25) is 4.79 Å². The molecule has 0 saturated heterocycles. The molecule has 0 rings (SSSR count). The van der Waals surface area contributed by atoms with E-state index in [1.165, 1.54) is 0 Å². The maximum atomic E-state index is 12.2. The van der Waals surface area contributed by atoms with Gasteiger partial charge < -0.3 is 9.47 Å². The number of hydrogen-bond acceptors (Lipinski definition) is 3. The maximum Gasteiger partial charge on any atom is 0.314 e. The van der Waals surface area contributed by atoms with Crippen LogP contribution in [0.1, 0.15) is 53.4 Å². The van der Waals surface area contributed by atoms with Gasteiger partial charge in [0.25, 0.3) is 0 Å². The van der Waals surface area contributed by atoms with E-state index < -0.39 is 5.41 Å². The lowest BCUT2D eigenvalue weighted by molar-refractivity contribution is -0.160. The Morgan fingerprint density at radius 1 is 1.24 bits per heavy atom. The summed E-state index contributed by atoms with van der Waals surface area (Å²) in [5.74, 6) is 0.502. The summed E-state index contributed by atoms with van der Waals surface area (Å²) in [5.41, 5.74) is -0.441. The van der Waals surface area contributed by atoms with Gasteiger partial charge in [0.05, 0.1) is 18.6 Å². The van der Waals surface area contributed by atoms with Gasteiger partial charge in [-0.25, -0.2) is 0 Å². The minimum Gasteiger partial charge on any atom is -0.465 e. The Morgan fingerprint density at radius 2 is 1.88 bits per heavy atom. The molecule has 102 valence electrons. The van der Waals surface area contributed by atoms with Crippen LogP contribution in [-0.4, -0.2) is 26.3 Å². The third-order valence-electron chi connectivity index (χ3n) is 3.06. The number of carbonyl (C=O) groups is 1. The van der Waals surface area contributed by atoms with E-state index in [1.807, 2.05) is 6.92 Å². The van der Waals surface area contributed by atoms with Crippen molar-refractivity contribution in [3.05, 3.63) is 0 Å². The zero-order valence-electron chi connectivity index (χ0n) is 12.0. The van der Waals surface area contributed by atoms with E-state index >= 15 is 0 Å². The number of carbonyl (C=O) groups excluding carboxylic acids is 1. The van der Waals surface area contributed by atoms with Crippen molar-refractivity contribution in [2.45, 2.75) is 53.4 Å². The van der Waals surface area contributed by atoms with E-state index in [4.69, 9.17) is 9.47 Å². The molecule has 0 aromatic carbocycles. The Bertz CT molecular complexity index is 206. The van der Waals surface area contributed by atoms with E-state index in [9.17, 15) is 4.79 Å². The fraction of sp³-hybridized carbons (Fsp3) is 0.929. The van der Waals surface area contributed by atoms with Crippen LogP contribution >= 0.6 is 0 Å². The summed E-state index contributed by atoms with van der Waals surface area (Å²) in [6.45, 7) is 9.20. The summed E-state index contributed by atoms with van der Waals surface area (Å²) in [4.78, 5) is 12.2. The fourth-order valence-electron chi connectivity index (χ4n) is 2.14. The van der Waals surface area contributed by atoms with Crippen LogP contribution < -0.4 is 0 Å². The number of ether oxygens (including phenoxy) is 2. The minimum atomic E-state index is -0.441. The van der Waals surface area contributed by atoms with Gasteiger partial charge >= 0.3 is 5.97 Å². The van der Waals surface area contributed by atoms with Crippen molar-refractivity contribution in [1.82, 2.24) is 0 Å². The van der Waals surface area contributed by atoms with Crippen LogP contribution in [0, 0.1) is 11.3 Å². The lowest BCUT2D eigenvalue weighted by Crippen LogP contribution is -2.37. The molecule has 0 bridgehead atoms. The Labute approximate surface area is 106 Å². The number of hydrogen-bond donors (Lipinski definition) is 0. The first-order valence-electron chi connectivity index (χ1n) is 6.68. The zero-order chi connectivity index (χ0) is 13.3. The molecular weight excluding hydrogens is 216 g/mol. The highest BCUT2D eigenvalue weighted by Gasteiger charge is 2.38. The second-order valence-electron chi connectivity index (χ2n) is 5.12. The predicted octanol–water partition coefficient (Wildman–Crippen LogP) is 3.42. The molecule has 0 saturated carbocycles. The van der Waals surface area contributed by atoms with Crippen LogP contribution in [0.25, 0.3) is 0 Å². The molecule has 17 heavy (non-hydrogen) atoms. The lowest BCUT2D eigenvalue weighted by atomic mass is 9.78. The molecule has 0 fully saturated rings. The molecular formula is C14H28O3. The summed E-state index contributed by atoms with van der Waals surface area (Å²) in [7, 11) is 1.65. The van der Waals surface area contributed by atoms with Crippen LogP contribution in [0.4, 0.5) is 0 Å². The van der Waals surface area contributed by atoms with Crippen molar-refractivity contribution < 1.29 is 14.3 Å². The average Bonchev–Trinajstić information content (AvgIpc) is 2.26. The van der Waals surface area contributed by atoms with Crippen molar-refractivity contribution >= 4 is 5.97 Å². The molecule has 0 N–H and O–H groups in total. The molecule has 0 aromatic heterocycles. The topological polar surface area (TPSA) is 35.5 Å². The van der Waals surface area contributed by atoms with Gasteiger partial charge in [0, 0.05) is 7.11 Å². The quantitative estimate of drug-likeness (QED) is 0.583. The van der Waals surface area contributed by atoms with E-state index in [2.05, 4.69) is 20.8 Å². The molecule has 0 radical (unpaired) electrons. The highest BCUT2D eigenvalue weighted by Crippen LogP contribution is 2.33. The van der Waals surface area contributed by atoms with Gasteiger partial charge in [0.2, 0.25) is 0 Å². The monoisotopic (exact) mass is 244 g/mol. The number of esters is 1. The first kappa shape index (κ1) is 16.4. The van der Waals surface area contributed by atoms with E-state index in [0.29, 0.717) is 19.1 Å². The van der Waals surface area contributed by atoms with E-state index in [-0.39, 0.29) is 5.97 Å². The standard InChI is InChI=1S/C14H28O3/c1-6-9-14(11-16-5,10-8-12(3)4)13(15)17-7-2/h12H,6-11H2,1-5H3. The van der Waals surface area contributed by atoms with Gasteiger partial charge in [-0.1, -0.05) is 27.2 Å². The molecule has 0 spiro atoms. The molecule has 1 unspecified atom stereocenters. The first-order valence-corrected chi connectivity index (χ1v) is 6.68. The van der Waals surface area contributed by atoms with Crippen LogP contribution in [0.5, 0.6) is 0 Å². The smallest absolute Gasteiger partial charge is 0.314 e. The molecule has 0 amide bonds. The van der Waals surface area contributed by atoms with Crippen LogP contribution in [0.3, 0.4) is 0 Å². The molecule has 0 aromatic rings. The molecule has 1 atom stereocenters. The second-order valence-corrected chi connectivity index (χ2v) is 5.12. The van der Waals surface area contributed by atoms with Crippen molar-refractivity contribution in [3.8, 4) is 0 Å². The highest BCUT2D eigenvalue weighted by atomic mass is 16.5. The predicted molar refractivity (Wildman–Crippen MR) is 69.9 cm³/mol. The van der Waals surface area contributed by atoms with Crippen LogP contribution in [0.2, 0.25) is 0 Å². The number of rotatable bonds is 9. The van der Waals surface area contributed by atoms with Gasteiger partial charge in [-0.2, -0.15) is 0 Å². The van der Waals surface area contributed by atoms with Crippen LogP contribution in [0.15, 0.2) is 0 Å². The summed E-state index contributed by atoms with van der Waals surface area (Å²) < 4.78 is 10.5. The van der Waals surface area contributed by atoms with E-state index in [0.717, 1.165) is 25.7 Å². The fourth-order valence-corrected chi connectivity index (χ4v) is 2.14. The van der Waals surface area contributed by atoms with Crippen LogP contribution in [-0.2, 0) is 14.3 Å². The molecule has 0 heterocycles. The molecule has 0 aliphatic carbocycles. The maximum absolute atomic E-state index is 12.2. The minimum absolute atomic E-state index is 0.0932. The second kappa shape index (κ2) is 8.51. The van der Waals surface area contributed by atoms with Crippen molar-refractivity contribution in [2.75, 3.05) is 20.3 Å². The summed E-state index contributed by atoms with van der Waals surface area (Å²) in [5, 5.41) is 0. The van der Waals surface area contributed by atoms with E-state index in [1.54, 1.807) is 7.11 Å². The Balaban J connectivity index is 4.76.